The molecule has 4 nitrogen and oxygen atoms in total. The maximum atomic E-state index is 12.1. The van der Waals surface area contributed by atoms with Gasteiger partial charge in [-0.3, -0.25) is 4.79 Å². The first-order valence-corrected chi connectivity index (χ1v) is 8.55. The van der Waals surface area contributed by atoms with E-state index >= 15 is 0 Å². The van der Waals surface area contributed by atoms with Gasteiger partial charge in [0.2, 0.25) is 5.91 Å². The number of hydrogen-bond acceptors (Lipinski definition) is 2. The van der Waals surface area contributed by atoms with Crippen molar-refractivity contribution in [1.82, 2.24) is 5.32 Å². The van der Waals surface area contributed by atoms with Crippen molar-refractivity contribution in [2.45, 2.75) is 38.5 Å². The van der Waals surface area contributed by atoms with E-state index in [1.165, 1.54) is 25.8 Å². The Bertz CT molecular complexity index is 336. The molecule has 0 spiro atoms. The second kappa shape index (κ2) is 9.21. The van der Waals surface area contributed by atoms with Crippen molar-refractivity contribution in [2.75, 3.05) is 39.9 Å². The SMILES string of the molecule is COCCCNC(=O)C1CC[NH+](C[C@@H]2CC=CCC2)CC1. The zero-order chi connectivity index (χ0) is 14.9. The molecule has 21 heavy (non-hydrogen) atoms. The molecule has 2 N–H and O–H groups in total. The largest absolute Gasteiger partial charge is 0.385 e. The van der Waals surface area contributed by atoms with Gasteiger partial charge in [-0.15, -0.1) is 0 Å². The number of carbonyl (C=O) groups excluding carboxylic acids is 1. The van der Waals surface area contributed by atoms with Crippen LogP contribution >= 0.6 is 0 Å². The summed E-state index contributed by atoms with van der Waals surface area (Å²) in [6.45, 7) is 5.09. The maximum Gasteiger partial charge on any atom is 0.223 e. The van der Waals surface area contributed by atoms with Crippen LogP contribution in [-0.4, -0.2) is 45.8 Å². The third kappa shape index (κ3) is 5.79. The summed E-state index contributed by atoms with van der Waals surface area (Å²) in [5.74, 6) is 1.36. The van der Waals surface area contributed by atoms with Gasteiger partial charge in [-0.05, 0) is 25.7 Å². The van der Waals surface area contributed by atoms with Gasteiger partial charge in [-0.2, -0.15) is 0 Å². The van der Waals surface area contributed by atoms with E-state index in [2.05, 4.69) is 17.5 Å². The van der Waals surface area contributed by atoms with Gasteiger partial charge in [0.1, 0.15) is 0 Å². The monoisotopic (exact) mass is 295 g/mol. The van der Waals surface area contributed by atoms with Crippen molar-refractivity contribution >= 4 is 5.91 Å². The number of rotatable bonds is 7. The molecular formula is C17H31N2O2+. The zero-order valence-corrected chi connectivity index (χ0v) is 13.4. The van der Waals surface area contributed by atoms with Gasteiger partial charge in [0.15, 0.2) is 0 Å². The minimum Gasteiger partial charge on any atom is -0.385 e. The molecule has 0 saturated carbocycles. The first-order chi connectivity index (χ1) is 10.3. The Morgan fingerprint density at radius 3 is 2.76 bits per heavy atom. The number of methoxy groups -OCH3 is 1. The Balaban J connectivity index is 1.61. The van der Waals surface area contributed by atoms with Crippen molar-refractivity contribution < 1.29 is 14.4 Å². The normalized spacial score (nSPS) is 29.3. The fourth-order valence-electron chi connectivity index (χ4n) is 3.51. The number of carbonyl (C=O) groups is 1. The molecule has 0 radical (unpaired) electrons. The highest BCUT2D eigenvalue weighted by Gasteiger charge is 2.28. The van der Waals surface area contributed by atoms with Gasteiger partial charge >= 0.3 is 0 Å². The molecule has 1 saturated heterocycles. The molecule has 0 aromatic heterocycles. The molecular weight excluding hydrogens is 264 g/mol. The van der Waals surface area contributed by atoms with Crippen LogP contribution in [0.15, 0.2) is 12.2 Å². The molecule has 0 unspecified atom stereocenters. The van der Waals surface area contributed by atoms with Crippen LogP contribution in [0.1, 0.15) is 38.5 Å². The van der Waals surface area contributed by atoms with Crippen molar-refractivity contribution in [3.8, 4) is 0 Å². The van der Waals surface area contributed by atoms with E-state index in [4.69, 9.17) is 4.74 Å². The molecule has 2 aliphatic rings. The van der Waals surface area contributed by atoms with Crippen molar-refractivity contribution in [2.24, 2.45) is 11.8 Å². The smallest absolute Gasteiger partial charge is 0.223 e. The fourth-order valence-corrected chi connectivity index (χ4v) is 3.51. The predicted octanol–water partition coefficient (Wildman–Crippen LogP) is 0.790. The summed E-state index contributed by atoms with van der Waals surface area (Å²) in [4.78, 5) is 13.8. The first kappa shape index (κ1) is 16.5. The van der Waals surface area contributed by atoms with Crippen LogP contribution in [-0.2, 0) is 9.53 Å². The van der Waals surface area contributed by atoms with Crippen LogP contribution in [0.25, 0.3) is 0 Å². The lowest BCUT2D eigenvalue weighted by molar-refractivity contribution is -0.909. The van der Waals surface area contributed by atoms with E-state index < -0.39 is 0 Å². The topological polar surface area (TPSA) is 42.8 Å². The van der Waals surface area contributed by atoms with E-state index in [-0.39, 0.29) is 11.8 Å². The average Bonchev–Trinajstić information content (AvgIpc) is 2.53. The van der Waals surface area contributed by atoms with E-state index in [0.717, 1.165) is 51.4 Å². The van der Waals surface area contributed by atoms with Crippen LogP contribution in [0, 0.1) is 11.8 Å². The van der Waals surface area contributed by atoms with Gasteiger partial charge in [0.25, 0.3) is 0 Å². The van der Waals surface area contributed by atoms with Crippen LogP contribution in [0.3, 0.4) is 0 Å². The molecule has 4 heteroatoms. The summed E-state index contributed by atoms with van der Waals surface area (Å²) in [7, 11) is 1.70. The van der Waals surface area contributed by atoms with Crippen LogP contribution in [0.2, 0.25) is 0 Å². The van der Waals surface area contributed by atoms with E-state index in [1.54, 1.807) is 12.0 Å². The summed E-state index contributed by atoms with van der Waals surface area (Å²) < 4.78 is 5.00. The molecule has 120 valence electrons. The quantitative estimate of drug-likeness (QED) is 0.539. The minimum atomic E-state index is 0.238. The Morgan fingerprint density at radius 2 is 2.10 bits per heavy atom. The molecule has 1 atom stereocenters. The summed E-state index contributed by atoms with van der Waals surface area (Å²) in [6.07, 6.45) is 11.5. The molecule has 1 fully saturated rings. The number of quaternary nitrogens is 1. The number of ether oxygens (including phenoxy) is 1. The van der Waals surface area contributed by atoms with E-state index in [0.29, 0.717) is 0 Å². The van der Waals surface area contributed by atoms with Crippen LogP contribution in [0.5, 0.6) is 0 Å². The Kier molecular flexibility index (Phi) is 7.24. The lowest BCUT2D eigenvalue weighted by Gasteiger charge is -2.31. The number of allylic oxidation sites excluding steroid dienone is 2. The standard InChI is InChI=1S/C17H30N2O2/c1-21-13-5-10-18-17(20)16-8-11-19(12-9-16)14-15-6-3-2-4-7-15/h2-3,15-16H,4-14H2,1H3,(H,18,20)/p+1/t15-/m1/s1. The Hall–Kier alpha value is -0.870. The van der Waals surface area contributed by atoms with Crippen molar-refractivity contribution in [3.05, 3.63) is 12.2 Å². The molecule has 2 rings (SSSR count). The molecule has 1 heterocycles. The van der Waals surface area contributed by atoms with Crippen LogP contribution < -0.4 is 10.2 Å². The van der Waals surface area contributed by atoms with Gasteiger partial charge < -0.3 is 15.0 Å². The van der Waals surface area contributed by atoms with E-state index in [1.807, 2.05) is 0 Å². The number of hydrogen-bond donors (Lipinski definition) is 2. The highest BCUT2D eigenvalue weighted by Crippen LogP contribution is 2.17. The van der Waals surface area contributed by atoms with E-state index in [9.17, 15) is 4.79 Å². The van der Waals surface area contributed by atoms with Crippen molar-refractivity contribution in [3.63, 3.8) is 0 Å². The number of nitrogens with one attached hydrogen (secondary N) is 2. The lowest BCUT2D eigenvalue weighted by Crippen LogP contribution is -3.13. The highest BCUT2D eigenvalue weighted by atomic mass is 16.5. The second-order valence-electron chi connectivity index (χ2n) is 6.52. The average molecular weight is 295 g/mol. The lowest BCUT2D eigenvalue weighted by atomic mass is 9.91. The summed E-state index contributed by atoms with van der Waals surface area (Å²) in [5.41, 5.74) is 0. The fraction of sp³-hybridized carbons (Fsp3) is 0.824. The summed E-state index contributed by atoms with van der Waals surface area (Å²) in [6, 6.07) is 0. The van der Waals surface area contributed by atoms with Gasteiger partial charge in [0, 0.05) is 44.9 Å². The summed E-state index contributed by atoms with van der Waals surface area (Å²) in [5, 5.41) is 3.05. The maximum absolute atomic E-state index is 12.1. The molecule has 0 aromatic rings. The Labute approximate surface area is 128 Å². The highest BCUT2D eigenvalue weighted by molar-refractivity contribution is 5.78. The minimum absolute atomic E-state index is 0.238. The summed E-state index contributed by atoms with van der Waals surface area (Å²) >= 11 is 0. The first-order valence-electron chi connectivity index (χ1n) is 8.55. The zero-order valence-electron chi connectivity index (χ0n) is 13.4. The van der Waals surface area contributed by atoms with Gasteiger partial charge in [-0.1, -0.05) is 12.2 Å². The Morgan fingerprint density at radius 1 is 1.29 bits per heavy atom. The molecule has 0 aromatic carbocycles. The number of amides is 1. The van der Waals surface area contributed by atoms with Crippen LogP contribution in [0.4, 0.5) is 0 Å². The molecule has 1 aliphatic carbocycles. The predicted molar refractivity (Wildman–Crippen MR) is 84.3 cm³/mol. The third-order valence-corrected chi connectivity index (χ3v) is 4.84. The molecule has 1 amide bonds. The van der Waals surface area contributed by atoms with Gasteiger partial charge in [-0.25, -0.2) is 0 Å². The van der Waals surface area contributed by atoms with Gasteiger partial charge in [0.05, 0.1) is 19.6 Å². The molecule has 0 bridgehead atoms. The molecule has 1 aliphatic heterocycles. The number of piperidine rings is 1. The third-order valence-electron chi connectivity index (χ3n) is 4.84. The second-order valence-corrected chi connectivity index (χ2v) is 6.52. The van der Waals surface area contributed by atoms with Crippen molar-refractivity contribution in [1.29, 1.82) is 0 Å². The number of likely N-dealkylation sites (tertiary alicyclic amines) is 1.